The van der Waals surface area contributed by atoms with Gasteiger partial charge in [0.2, 0.25) is 5.15 Å². The Labute approximate surface area is 72.2 Å². The highest BCUT2D eigenvalue weighted by atomic mass is 35.5. The lowest BCUT2D eigenvalue weighted by atomic mass is 10.8. The Morgan fingerprint density at radius 1 is 1.60 bits per heavy atom. The smallest absolute Gasteiger partial charge is 0.266 e. The molecule has 0 aliphatic carbocycles. The molecule has 3 nitrogen and oxygen atoms in total. The van der Waals surface area contributed by atoms with Crippen molar-refractivity contribution in [2.24, 2.45) is 0 Å². The summed E-state index contributed by atoms with van der Waals surface area (Å²) in [5, 5.41) is 0.262. The van der Waals surface area contributed by atoms with Crippen LogP contribution >= 0.6 is 34.9 Å². The molecule has 1 atom stereocenters. The summed E-state index contributed by atoms with van der Waals surface area (Å²) in [6, 6.07) is 0. The Hall–Kier alpha value is -0.0600. The highest BCUT2D eigenvalue weighted by Crippen LogP contribution is 2.21. The van der Waals surface area contributed by atoms with Crippen LogP contribution in [-0.2, 0) is 0 Å². The minimum Gasteiger partial charge on any atom is -0.455 e. The second-order valence-corrected chi connectivity index (χ2v) is 3.02. The molecular weight excluding hydrogens is 195 g/mol. The minimum absolute atomic E-state index is 0.262. The monoisotopic (exact) mass is 198 g/mol. The molecule has 1 unspecified atom stereocenters. The van der Waals surface area contributed by atoms with Gasteiger partial charge in [0.05, 0.1) is 11.7 Å². The standard InChI is InChI=1S/C4H4Cl2N2OS/c1-2(5)9-4-3(6)7-10-8-4/h2H,1H3. The van der Waals surface area contributed by atoms with E-state index in [0.717, 1.165) is 11.7 Å². The average molecular weight is 199 g/mol. The SMILES string of the molecule is CC(Cl)Oc1nsnc1Cl. The van der Waals surface area contributed by atoms with Crippen molar-refractivity contribution in [3.05, 3.63) is 5.15 Å². The number of alkyl halides is 1. The van der Waals surface area contributed by atoms with Gasteiger partial charge >= 0.3 is 0 Å². The van der Waals surface area contributed by atoms with E-state index in [4.69, 9.17) is 27.9 Å². The van der Waals surface area contributed by atoms with Crippen molar-refractivity contribution in [2.45, 2.75) is 12.5 Å². The number of nitrogens with zero attached hydrogens (tertiary/aromatic N) is 2. The van der Waals surface area contributed by atoms with Crippen molar-refractivity contribution in [3.8, 4) is 5.88 Å². The highest BCUT2D eigenvalue weighted by Gasteiger charge is 2.07. The normalized spacial score (nSPS) is 13.1. The van der Waals surface area contributed by atoms with Crippen molar-refractivity contribution in [3.63, 3.8) is 0 Å². The fourth-order valence-electron chi connectivity index (χ4n) is 0.394. The summed E-state index contributed by atoms with van der Waals surface area (Å²) in [4.78, 5) is 0. The summed E-state index contributed by atoms with van der Waals surface area (Å²) in [5.41, 5.74) is -0.429. The first-order valence-electron chi connectivity index (χ1n) is 2.49. The maximum absolute atomic E-state index is 5.54. The third kappa shape index (κ3) is 1.97. The van der Waals surface area contributed by atoms with Crippen LogP contribution in [0.15, 0.2) is 0 Å². The number of hydrogen-bond acceptors (Lipinski definition) is 4. The van der Waals surface area contributed by atoms with E-state index in [1.54, 1.807) is 6.92 Å². The van der Waals surface area contributed by atoms with E-state index in [9.17, 15) is 0 Å². The molecule has 1 aromatic rings. The molecule has 56 valence electrons. The summed E-state index contributed by atoms with van der Waals surface area (Å²) >= 11 is 12.0. The van der Waals surface area contributed by atoms with Crippen molar-refractivity contribution in [2.75, 3.05) is 0 Å². The highest BCUT2D eigenvalue weighted by molar-refractivity contribution is 6.99. The van der Waals surface area contributed by atoms with Crippen molar-refractivity contribution in [1.82, 2.24) is 8.75 Å². The molecule has 0 aliphatic heterocycles. The van der Waals surface area contributed by atoms with E-state index in [1.165, 1.54) is 0 Å². The Morgan fingerprint density at radius 2 is 2.30 bits per heavy atom. The molecule has 0 radical (unpaired) electrons. The number of halogens is 2. The summed E-state index contributed by atoms with van der Waals surface area (Å²) in [7, 11) is 0. The summed E-state index contributed by atoms with van der Waals surface area (Å²) < 4.78 is 12.4. The molecule has 0 amide bonds. The molecular formula is C4H4Cl2N2OS. The van der Waals surface area contributed by atoms with Gasteiger partial charge in [-0.15, -0.1) is 4.37 Å². The van der Waals surface area contributed by atoms with Crippen LogP contribution in [0, 0.1) is 0 Å². The molecule has 6 heteroatoms. The van der Waals surface area contributed by atoms with E-state index in [2.05, 4.69) is 8.75 Å². The quantitative estimate of drug-likeness (QED) is 0.684. The van der Waals surface area contributed by atoms with Crippen molar-refractivity contribution < 1.29 is 4.74 Å². The lowest BCUT2D eigenvalue weighted by Gasteiger charge is -2.01. The van der Waals surface area contributed by atoms with Crippen LogP contribution < -0.4 is 4.74 Å². The van der Waals surface area contributed by atoms with Gasteiger partial charge in [-0.1, -0.05) is 23.2 Å². The van der Waals surface area contributed by atoms with Crippen LogP contribution in [0.1, 0.15) is 6.92 Å². The topological polar surface area (TPSA) is 35.0 Å². The van der Waals surface area contributed by atoms with Gasteiger partial charge < -0.3 is 4.74 Å². The summed E-state index contributed by atoms with van der Waals surface area (Å²) in [6.45, 7) is 1.68. The first-order valence-corrected chi connectivity index (χ1v) is 4.03. The maximum atomic E-state index is 5.54. The van der Waals surface area contributed by atoms with Crippen LogP contribution in [-0.4, -0.2) is 14.3 Å². The summed E-state index contributed by atoms with van der Waals surface area (Å²) in [6.07, 6.45) is 0. The van der Waals surface area contributed by atoms with Gasteiger partial charge in [0.1, 0.15) is 0 Å². The lowest BCUT2D eigenvalue weighted by Crippen LogP contribution is -2.02. The van der Waals surface area contributed by atoms with Gasteiger partial charge in [0.25, 0.3) is 5.88 Å². The van der Waals surface area contributed by atoms with E-state index < -0.39 is 5.56 Å². The number of aromatic nitrogens is 2. The van der Waals surface area contributed by atoms with Crippen LogP contribution in [0.25, 0.3) is 0 Å². The first kappa shape index (κ1) is 8.04. The summed E-state index contributed by atoms with van der Waals surface area (Å²) in [5.74, 6) is 0.300. The molecule has 1 heterocycles. The zero-order valence-corrected chi connectivity index (χ0v) is 7.37. The molecule has 1 aromatic heterocycles. The van der Waals surface area contributed by atoms with E-state index in [0.29, 0.717) is 5.88 Å². The van der Waals surface area contributed by atoms with Crippen LogP contribution in [0.3, 0.4) is 0 Å². The fraction of sp³-hybridized carbons (Fsp3) is 0.500. The predicted octanol–water partition coefficient (Wildman–Crippen LogP) is 2.16. The van der Waals surface area contributed by atoms with Gasteiger partial charge in [-0.2, -0.15) is 4.37 Å². The first-order chi connectivity index (χ1) is 4.70. The number of rotatable bonds is 2. The van der Waals surface area contributed by atoms with Crippen molar-refractivity contribution >= 4 is 34.9 Å². The van der Waals surface area contributed by atoms with Gasteiger partial charge in [0, 0.05) is 0 Å². The molecule has 0 aromatic carbocycles. The third-order valence-corrected chi connectivity index (χ3v) is 1.64. The molecule has 0 fully saturated rings. The van der Waals surface area contributed by atoms with E-state index in [-0.39, 0.29) is 5.15 Å². The fourth-order valence-corrected chi connectivity index (χ4v) is 1.10. The maximum Gasteiger partial charge on any atom is 0.266 e. The molecule has 0 N–H and O–H groups in total. The van der Waals surface area contributed by atoms with E-state index in [1.807, 2.05) is 0 Å². The number of hydrogen-bond donors (Lipinski definition) is 0. The predicted molar refractivity (Wildman–Crippen MR) is 40.9 cm³/mol. The molecule has 1 rings (SSSR count). The van der Waals surface area contributed by atoms with Gasteiger partial charge in [-0.25, -0.2) is 0 Å². The molecule has 0 aliphatic rings. The van der Waals surface area contributed by atoms with Crippen LogP contribution in [0.5, 0.6) is 5.88 Å². The Bertz CT molecular complexity index is 215. The van der Waals surface area contributed by atoms with Crippen LogP contribution in [0.2, 0.25) is 5.15 Å². The van der Waals surface area contributed by atoms with Gasteiger partial charge in [0.15, 0.2) is 5.56 Å². The molecule has 0 saturated carbocycles. The minimum atomic E-state index is -0.429. The molecule has 0 spiro atoms. The van der Waals surface area contributed by atoms with E-state index >= 15 is 0 Å². The zero-order chi connectivity index (χ0) is 7.56. The Kier molecular flexibility index (Phi) is 2.71. The van der Waals surface area contributed by atoms with Gasteiger partial charge in [-0.05, 0) is 6.92 Å². The Balaban J connectivity index is 2.65. The molecule has 0 saturated heterocycles. The second kappa shape index (κ2) is 3.37. The second-order valence-electron chi connectivity index (χ2n) is 1.52. The average Bonchev–Trinajstić information content (AvgIpc) is 2.15. The zero-order valence-electron chi connectivity index (χ0n) is 5.04. The molecule has 0 bridgehead atoms. The number of ether oxygens (including phenoxy) is 1. The molecule has 10 heavy (non-hydrogen) atoms. The van der Waals surface area contributed by atoms with Crippen LogP contribution in [0.4, 0.5) is 0 Å². The Morgan fingerprint density at radius 3 is 2.70 bits per heavy atom. The van der Waals surface area contributed by atoms with Crippen molar-refractivity contribution in [1.29, 1.82) is 0 Å². The van der Waals surface area contributed by atoms with Gasteiger partial charge in [-0.3, -0.25) is 0 Å². The largest absolute Gasteiger partial charge is 0.455 e. The lowest BCUT2D eigenvalue weighted by molar-refractivity contribution is 0.292. The third-order valence-electron chi connectivity index (χ3n) is 0.695.